The van der Waals surface area contributed by atoms with Crippen molar-refractivity contribution in [2.45, 2.75) is 18.4 Å². The quantitative estimate of drug-likeness (QED) is 0.541. The molecule has 2 aliphatic rings. The highest BCUT2D eigenvalue weighted by atomic mass is 16.3. The number of urea groups is 1. The van der Waals surface area contributed by atoms with Gasteiger partial charge in [0, 0.05) is 19.6 Å². The average molecular weight is 199 g/mol. The fourth-order valence-corrected chi connectivity index (χ4v) is 2.22. The van der Waals surface area contributed by atoms with E-state index >= 15 is 0 Å². The van der Waals surface area contributed by atoms with Crippen LogP contribution < -0.4 is 10.6 Å². The van der Waals surface area contributed by atoms with E-state index in [9.17, 15) is 4.79 Å². The molecule has 0 aromatic rings. The molecule has 0 saturated carbocycles. The molecule has 0 aliphatic carbocycles. The maximum absolute atomic E-state index is 11.6. The topological polar surface area (TPSA) is 64.6 Å². The lowest BCUT2D eigenvalue weighted by molar-refractivity contribution is 0.136. The second kappa shape index (κ2) is 3.74. The number of carbonyl (C=O) groups excluding carboxylic acids is 1. The van der Waals surface area contributed by atoms with Gasteiger partial charge in [-0.05, 0) is 19.4 Å². The molecule has 5 heteroatoms. The number of nitrogens with one attached hydrogen (secondary N) is 2. The molecule has 2 aliphatic heterocycles. The van der Waals surface area contributed by atoms with Crippen molar-refractivity contribution in [3.05, 3.63) is 0 Å². The summed E-state index contributed by atoms with van der Waals surface area (Å²) in [7, 11) is 0. The van der Waals surface area contributed by atoms with Crippen LogP contribution in [0.3, 0.4) is 0 Å². The van der Waals surface area contributed by atoms with Gasteiger partial charge in [-0.15, -0.1) is 0 Å². The smallest absolute Gasteiger partial charge is 0.317 e. The van der Waals surface area contributed by atoms with Crippen LogP contribution in [-0.4, -0.2) is 54.4 Å². The van der Waals surface area contributed by atoms with E-state index in [1.54, 1.807) is 4.90 Å². The summed E-state index contributed by atoms with van der Waals surface area (Å²) in [6, 6.07) is -0.0333. The third kappa shape index (κ3) is 1.69. The van der Waals surface area contributed by atoms with E-state index in [0.717, 1.165) is 32.5 Å². The minimum absolute atomic E-state index is 0.0109. The van der Waals surface area contributed by atoms with Gasteiger partial charge < -0.3 is 20.6 Å². The van der Waals surface area contributed by atoms with E-state index in [1.807, 2.05) is 0 Å². The summed E-state index contributed by atoms with van der Waals surface area (Å²) in [5, 5.41) is 15.1. The Labute approximate surface area is 83.5 Å². The monoisotopic (exact) mass is 199 g/mol. The molecule has 3 N–H and O–H groups in total. The van der Waals surface area contributed by atoms with Crippen LogP contribution in [0.2, 0.25) is 0 Å². The normalized spacial score (nSPS) is 32.4. The van der Waals surface area contributed by atoms with E-state index in [2.05, 4.69) is 10.6 Å². The standard InChI is InChI=1S/C9H17N3O2/c13-6-5-12-4-2-9(11-8(12)14)1-3-10-7-9/h10,13H,1-7H2,(H,11,14)/t9-/m0/s1. The van der Waals surface area contributed by atoms with Gasteiger partial charge in [-0.1, -0.05) is 0 Å². The van der Waals surface area contributed by atoms with Gasteiger partial charge in [0.1, 0.15) is 0 Å². The van der Waals surface area contributed by atoms with Crippen LogP contribution in [0.25, 0.3) is 0 Å². The number of nitrogens with zero attached hydrogens (tertiary/aromatic N) is 1. The first-order valence-corrected chi connectivity index (χ1v) is 5.14. The minimum Gasteiger partial charge on any atom is -0.395 e. The van der Waals surface area contributed by atoms with Crippen molar-refractivity contribution in [3.8, 4) is 0 Å². The van der Waals surface area contributed by atoms with Crippen molar-refractivity contribution >= 4 is 6.03 Å². The maximum atomic E-state index is 11.6. The number of amides is 2. The maximum Gasteiger partial charge on any atom is 0.317 e. The summed E-state index contributed by atoms with van der Waals surface area (Å²) in [6.07, 6.45) is 2.00. The predicted octanol–water partition coefficient (Wildman–Crippen LogP) is -0.874. The zero-order valence-electron chi connectivity index (χ0n) is 8.25. The van der Waals surface area contributed by atoms with Crippen LogP contribution in [0.4, 0.5) is 4.79 Å². The average Bonchev–Trinajstić information content (AvgIpc) is 2.59. The Morgan fingerprint density at radius 3 is 2.93 bits per heavy atom. The highest BCUT2D eigenvalue weighted by Crippen LogP contribution is 2.23. The molecule has 2 saturated heterocycles. The SMILES string of the molecule is O=C1N[C@@]2(CCNC2)CCN1CCO. The molecular weight excluding hydrogens is 182 g/mol. The zero-order valence-corrected chi connectivity index (χ0v) is 8.25. The highest BCUT2D eigenvalue weighted by molar-refractivity contribution is 5.76. The van der Waals surface area contributed by atoms with Crippen molar-refractivity contribution in [2.24, 2.45) is 0 Å². The number of carbonyl (C=O) groups is 1. The molecule has 5 nitrogen and oxygen atoms in total. The third-order valence-corrected chi connectivity index (χ3v) is 3.13. The molecule has 2 rings (SSSR count). The number of rotatable bonds is 2. The first kappa shape index (κ1) is 9.73. The van der Waals surface area contributed by atoms with Crippen LogP contribution in [0.1, 0.15) is 12.8 Å². The first-order chi connectivity index (χ1) is 6.76. The lowest BCUT2D eigenvalue weighted by Gasteiger charge is -2.39. The molecule has 1 spiro atoms. The minimum atomic E-state index is -0.0333. The summed E-state index contributed by atoms with van der Waals surface area (Å²) in [4.78, 5) is 13.3. The predicted molar refractivity (Wildman–Crippen MR) is 52.0 cm³/mol. The number of hydrogen-bond acceptors (Lipinski definition) is 3. The van der Waals surface area contributed by atoms with Crippen LogP contribution in [-0.2, 0) is 0 Å². The number of β-amino-alcohol motifs (C(OH)–C–C–N with tert-alkyl or cyclic N) is 1. The van der Waals surface area contributed by atoms with Crippen LogP contribution in [0.15, 0.2) is 0 Å². The van der Waals surface area contributed by atoms with Crippen LogP contribution in [0.5, 0.6) is 0 Å². The molecule has 2 fully saturated rings. The molecule has 0 radical (unpaired) electrons. The Morgan fingerprint density at radius 2 is 2.36 bits per heavy atom. The summed E-state index contributed by atoms with van der Waals surface area (Å²) in [5.41, 5.74) is -0.0109. The van der Waals surface area contributed by atoms with Crippen molar-refractivity contribution in [1.82, 2.24) is 15.5 Å². The zero-order chi connectivity index (χ0) is 10.0. The van der Waals surface area contributed by atoms with E-state index in [0.29, 0.717) is 6.54 Å². The Morgan fingerprint density at radius 1 is 1.50 bits per heavy atom. The third-order valence-electron chi connectivity index (χ3n) is 3.13. The lowest BCUT2D eigenvalue weighted by atomic mass is 9.92. The van der Waals surface area contributed by atoms with Crippen LogP contribution >= 0.6 is 0 Å². The summed E-state index contributed by atoms with van der Waals surface area (Å²) in [6.45, 7) is 3.11. The second-order valence-electron chi connectivity index (χ2n) is 4.10. The molecule has 14 heavy (non-hydrogen) atoms. The lowest BCUT2D eigenvalue weighted by Crippen LogP contribution is -2.61. The summed E-state index contributed by atoms with van der Waals surface area (Å²) >= 11 is 0. The molecule has 1 atom stereocenters. The van der Waals surface area contributed by atoms with Crippen molar-refractivity contribution in [3.63, 3.8) is 0 Å². The van der Waals surface area contributed by atoms with Gasteiger partial charge in [-0.2, -0.15) is 0 Å². The Balaban J connectivity index is 1.95. The van der Waals surface area contributed by atoms with Gasteiger partial charge >= 0.3 is 6.03 Å². The van der Waals surface area contributed by atoms with E-state index in [1.165, 1.54) is 0 Å². The second-order valence-corrected chi connectivity index (χ2v) is 4.10. The number of hydrogen-bond donors (Lipinski definition) is 3. The molecule has 2 heterocycles. The van der Waals surface area contributed by atoms with Gasteiger partial charge in [0.2, 0.25) is 0 Å². The molecule has 0 bridgehead atoms. The van der Waals surface area contributed by atoms with E-state index in [4.69, 9.17) is 5.11 Å². The Bertz CT molecular complexity index is 226. The molecule has 0 unspecified atom stereocenters. The largest absolute Gasteiger partial charge is 0.395 e. The van der Waals surface area contributed by atoms with Crippen LogP contribution in [0, 0.1) is 0 Å². The van der Waals surface area contributed by atoms with E-state index < -0.39 is 0 Å². The molecule has 0 aromatic carbocycles. The van der Waals surface area contributed by atoms with Gasteiger partial charge in [-0.25, -0.2) is 4.79 Å². The van der Waals surface area contributed by atoms with Crippen molar-refractivity contribution < 1.29 is 9.90 Å². The van der Waals surface area contributed by atoms with Gasteiger partial charge in [0.05, 0.1) is 12.1 Å². The highest BCUT2D eigenvalue weighted by Gasteiger charge is 2.39. The van der Waals surface area contributed by atoms with E-state index in [-0.39, 0.29) is 18.2 Å². The fraction of sp³-hybridized carbons (Fsp3) is 0.889. The molecular formula is C9H17N3O2. The number of aliphatic hydroxyl groups excluding tert-OH is 1. The summed E-state index contributed by atoms with van der Waals surface area (Å²) < 4.78 is 0. The van der Waals surface area contributed by atoms with Gasteiger partial charge in [0.25, 0.3) is 0 Å². The molecule has 80 valence electrons. The van der Waals surface area contributed by atoms with Gasteiger partial charge in [-0.3, -0.25) is 0 Å². The first-order valence-electron chi connectivity index (χ1n) is 5.14. The Hall–Kier alpha value is -0.810. The fourth-order valence-electron chi connectivity index (χ4n) is 2.22. The summed E-state index contributed by atoms with van der Waals surface area (Å²) in [5.74, 6) is 0. The molecule has 2 amide bonds. The number of aliphatic hydroxyl groups is 1. The van der Waals surface area contributed by atoms with Gasteiger partial charge in [0.15, 0.2) is 0 Å². The van der Waals surface area contributed by atoms with Crippen molar-refractivity contribution in [2.75, 3.05) is 32.8 Å². The molecule has 0 aromatic heterocycles. The Kier molecular flexibility index (Phi) is 2.60. The van der Waals surface area contributed by atoms with Crippen molar-refractivity contribution in [1.29, 1.82) is 0 Å².